The van der Waals surface area contributed by atoms with Crippen molar-refractivity contribution >= 4 is 5.97 Å². The van der Waals surface area contributed by atoms with Gasteiger partial charge >= 0.3 is 5.97 Å². The monoisotopic (exact) mass is 240 g/mol. The van der Waals surface area contributed by atoms with Gasteiger partial charge in [0.05, 0.1) is 0 Å². The molecule has 0 bridgehead atoms. The Labute approximate surface area is 104 Å². The molecule has 0 atom stereocenters. The maximum absolute atomic E-state index is 11.7. The lowest BCUT2D eigenvalue weighted by Gasteiger charge is -2.42. The van der Waals surface area contributed by atoms with E-state index in [2.05, 4.69) is 16.8 Å². The fourth-order valence-corrected chi connectivity index (χ4v) is 3.28. The van der Waals surface area contributed by atoms with E-state index in [1.807, 2.05) is 0 Å². The van der Waals surface area contributed by atoms with Crippen LogP contribution in [-0.2, 0) is 4.79 Å². The Bertz CT molecular complexity index is 275. The van der Waals surface area contributed by atoms with Gasteiger partial charge in [-0.25, -0.2) is 0 Å². The summed E-state index contributed by atoms with van der Waals surface area (Å²) in [6.07, 6.45) is 6.10. The number of hydrogen-bond acceptors (Lipinski definition) is 3. The smallest absolute Gasteiger partial charge is 0.324 e. The van der Waals surface area contributed by atoms with Crippen LogP contribution >= 0.6 is 0 Å². The zero-order chi connectivity index (χ0) is 12.3. The van der Waals surface area contributed by atoms with Crippen molar-refractivity contribution < 1.29 is 9.90 Å². The normalized spacial score (nSPS) is 27.6. The molecule has 2 aliphatic rings. The van der Waals surface area contributed by atoms with Crippen LogP contribution in [0.3, 0.4) is 0 Å². The number of carbonyl (C=O) groups is 1. The summed E-state index contributed by atoms with van der Waals surface area (Å²) in [5, 5.41) is 9.64. The predicted molar refractivity (Wildman–Crippen MR) is 67.1 cm³/mol. The Balaban J connectivity index is 2.12. The molecule has 0 aromatic carbocycles. The van der Waals surface area contributed by atoms with E-state index < -0.39 is 11.5 Å². The molecule has 0 radical (unpaired) electrons. The van der Waals surface area contributed by atoms with Crippen molar-refractivity contribution in [2.45, 2.75) is 44.1 Å². The lowest BCUT2D eigenvalue weighted by Crippen LogP contribution is -2.56. The molecule has 1 aliphatic heterocycles. The summed E-state index contributed by atoms with van der Waals surface area (Å²) in [4.78, 5) is 16.3. The summed E-state index contributed by atoms with van der Waals surface area (Å²) < 4.78 is 0. The highest BCUT2D eigenvalue weighted by atomic mass is 16.4. The molecule has 1 saturated carbocycles. The summed E-state index contributed by atoms with van der Waals surface area (Å²) in [6.45, 7) is 3.93. The van der Waals surface area contributed by atoms with Crippen LogP contribution in [0.2, 0.25) is 0 Å². The highest BCUT2D eigenvalue weighted by Crippen LogP contribution is 2.34. The minimum Gasteiger partial charge on any atom is -0.480 e. The topological polar surface area (TPSA) is 43.8 Å². The van der Waals surface area contributed by atoms with Crippen molar-refractivity contribution in [3.63, 3.8) is 0 Å². The fraction of sp³-hybridized carbons (Fsp3) is 0.923. The van der Waals surface area contributed by atoms with E-state index in [4.69, 9.17) is 0 Å². The van der Waals surface area contributed by atoms with Gasteiger partial charge in [-0.05, 0) is 32.9 Å². The van der Waals surface area contributed by atoms with Gasteiger partial charge in [0.2, 0.25) is 0 Å². The minimum atomic E-state index is -0.596. The molecule has 1 N–H and O–H groups in total. The molecule has 0 spiro atoms. The molecular formula is C13H24N2O2. The predicted octanol–water partition coefficient (Wildman–Crippen LogP) is 1.41. The maximum Gasteiger partial charge on any atom is 0.324 e. The van der Waals surface area contributed by atoms with Gasteiger partial charge in [0.15, 0.2) is 0 Å². The van der Waals surface area contributed by atoms with Gasteiger partial charge in [0.1, 0.15) is 5.54 Å². The molecule has 0 amide bonds. The molecule has 0 unspecified atom stereocenters. The van der Waals surface area contributed by atoms with Crippen LogP contribution in [0, 0.1) is 0 Å². The zero-order valence-corrected chi connectivity index (χ0v) is 10.8. The second-order valence-corrected chi connectivity index (χ2v) is 5.54. The molecule has 4 nitrogen and oxygen atoms in total. The van der Waals surface area contributed by atoms with E-state index in [1.54, 1.807) is 0 Å². The number of hydrogen-bond donors (Lipinski definition) is 1. The van der Waals surface area contributed by atoms with Gasteiger partial charge in [0.25, 0.3) is 0 Å². The van der Waals surface area contributed by atoms with Gasteiger partial charge in [-0.2, -0.15) is 0 Å². The van der Waals surface area contributed by atoms with Crippen LogP contribution in [0.15, 0.2) is 0 Å². The highest BCUT2D eigenvalue weighted by Gasteiger charge is 2.44. The van der Waals surface area contributed by atoms with Crippen molar-refractivity contribution in [3.05, 3.63) is 0 Å². The van der Waals surface area contributed by atoms with Crippen molar-refractivity contribution in [2.75, 3.05) is 33.2 Å². The first-order valence-corrected chi connectivity index (χ1v) is 6.82. The number of carboxylic acids is 1. The fourth-order valence-electron chi connectivity index (χ4n) is 3.28. The molecule has 98 valence electrons. The number of nitrogens with zero attached hydrogens (tertiary/aromatic N) is 2. The van der Waals surface area contributed by atoms with Crippen LogP contribution in [0.4, 0.5) is 0 Å². The van der Waals surface area contributed by atoms with E-state index in [0.29, 0.717) is 0 Å². The third-order valence-electron chi connectivity index (χ3n) is 4.40. The van der Waals surface area contributed by atoms with Crippen LogP contribution in [-0.4, -0.2) is 59.6 Å². The largest absolute Gasteiger partial charge is 0.480 e. The number of carboxylic acid groups (broad SMARTS) is 1. The second-order valence-electron chi connectivity index (χ2n) is 5.54. The van der Waals surface area contributed by atoms with Crippen molar-refractivity contribution in [1.29, 1.82) is 0 Å². The average Bonchev–Trinajstić information content (AvgIpc) is 2.55. The molecule has 2 rings (SSSR count). The zero-order valence-electron chi connectivity index (χ0n) is 10.8. The standard InChI is InChI=1S/C13H24N2O2/c1-14-8-5-9-15(11-10-14)13(12(16)17)6-3-2-4-7-13/h2-11H2,1H3,(H,16,17). The SMILES string of the molecule is CN1CCCN(C2(C(=O)O)CCCCC2)CC1. The highest BCUT2D eigenvalue weighted by molar-refractivity contribution is 5.79. The average molecular weight is 240 g/mol. The second kappa shape index (κ2) is 5.36. The van der Waals surface area contributed by atoms with Crippen LogP contribution in [0.5, 0.6) is 0 Å². The van der Waals surface area contributed by atoms with Crippen LogP contribution in [0.25, 0.3) is 0 Å². The summed E-state index contributed by atoms with van der Waals surface area (Å²) in [5.41, 5.74) is -0.552. The first kappa shape index (κ1) is 12.8. The Morgan fingerprint density at radius 2 is 1.71 bits per heavy atom. The van der Waals surface area contributed by atoms with E-state index in [0.717, 1.165) is 58.3 Å². The van der Waals surface area contributed by atoms with Crippen molar-refractivity contribution in [2.24, 2.45) is 0 Å². The Hall–Kier alpha value is -0.610. The first-order valence-electron chi connectivity index (χ1n) is 6.82. The maximum atomic E-state index is 11.7. The molecule has 1 saturated heterocycles. The molecule has 4 heteroatoms. The Kier molecular flexibility index (Phi) is 4.05. The molecule has 17 heavy (non-hydrogen) atoms. The van der Waals surface area contributed by atoms with Crippen molar-refractivity contribution in [3.8, 4) is 0 Å². The molecule has 0 aromatic heterocycles. The quantitative estimate of drug-likeness (QED) is 0.792. The van der Waals surface area contributed by atoms with E-state index in [9.17, 15) is 9.90 Å². The summed E-state index contributed by atoms with van der Waals surface area (Å²) >= 11 is 0. The third kappa shape index (κ3) is 2.63. The van der Waals surface area contributed by atoms with Crippen molar-refractivity contribution in [1.82, 2.24) is 9.80 Å². The van der Waals surface area contributed by atoms with Gasteiger partial charge in [-0.15, -0.1) is 0 Å². The van der Waals surface area contributed by atoms with E-state index in [1.165, 1.54) is 6.42 Å². The van der Waals surface area contributed by atoms with Gasteiger partial charge < -0.3 is 10.0 Å². The molecule has 1 heterocycles. The summed E-state index contributed by atoms with van der Waals surface area (Å²) in [7, 11) is 2.12. The first-order chi connectivity index (χ1) is 8.15. The van der Waals surface area contributed by atoms with Crippen LogP contribution < -0.4 is 0 Å². The molecule has 0 aromatic rings. The third-order valence-corrected chi connectivity index (χ3v) is 4.40. The van der Waals surface area contributed by atoms with Gasteiger partial charge in [-0.1, -0.05) is 19.3 Å². The lowest BCUT2D eigenvalue weighted by molar-refractivity contribution is -0.154. The number of aliphatic carboxylic acids is 1. The number of rotatable bonds is 2. The molecular weight excluding hydrogens is 216 g/mol. The van der Waals surface area contributed by atoms with E-state index in [-0.39, 0.29) is 0 Å². The molecule has 1 aliphatic carbocycles. The van der Waals surface area contributed by atoms with Gasteiger partial charge in [-0.3, -0.25) is 9.69 Å². The lowest BCUT2D eigenvalue weighted by atomic mass is 9.80. The van der Waals surface area contributed by atoms with Gasteiger partial charge in [0, 0.05) is 19.6 Å². The van der Waals surface area contributed by atoms with E-state index >= 15 is 0 Å². The Morgan fingerprint density at radius 3 is 2.35 bits per heavy atom. The Morgan fingerprint density at radius 1 is 1.00 bits per heavy atom. The summed E-state index contributed by atoms with van der Waals surface area (Å²) in [5.74, 6) is -0.596. The summed E-state index contributed by atoms with van der Waals surface area (Å²) in [6, 6.07) is 0. The minimum absolute atomic E-state index is 0.552. The van der Waals surface area contributed by atoms with Crippen LogP contribution in [0.1, 0.15) is 38.5 Å². The number of likely N-dealkylation sites (N-methyl/N-ethyl adjacent to an activating group) is 1. The molecule has 2 fully saturated rings.